The van der Waals surface area contributed by atoms with Crippen LogP contribution in [0.4, 0.5) is 0 Å². The highest BCUT2D eigenvalue weighted by Gasteiger charge is 2.10. The van der Waals surface area contributed by atoms with Gasteiger partial charge in [0, 0.05) is 12.4 Å². The number of hydrogen-bond acceptors (Lipinski definition) is 0. The molecular weight excluding hydrogens is 314 g/mol. The van der Waals surface area contributed by atoms with Crippen molar-refractivity contribution in [3.8, 4) is 22.3 Å². The number of aryl methyl sites for hydroxylation is 2. The maximum absolute atomic E-state index is 3.85. The molecule has 0 amide bonds. The van der Waals surface area contributed by atoms with Crippen LogP contribution < -0.4 is 0 Å². The normalized spacial score (nSPS) is 11.9. The van der Waals surface area contributed by atoms with Crippen LogP contribution in [0.25, 0.3) is 27.8 Å². The second-order valence-corrected chi connectivity index (χ2v) is 6.52. The molecule has 0 atom stereocenters. The average molecular weight is 339 g/mol. The first-order valence-electron chi connectivity index (χ1n) is 8.94. The number of H-pyrrole nitrogens is 1. The van der Waals surface area contributed by atoms with Crippen molar-refractivity contribution < 1.29 is 0 Å². The smallest absolute Gasteiger partial charge is 0.00841 e. The Bertz CT molecular complexity index is 969. The van der Waals surface area contributed by atoms with Gasteiger partial charge in [0.25, 0.3) is 0 Å². The number of aromatic amines is 1. The fourth-order valence-corrected chi connectivity index (χ4v) is 3.24. The molecule has 0 fully saturated rings. The van der Waals surface area contributed by atoms with Crippen molar-refractivity contribution >= 4 is 5.57 Å². The van der Waals surface area contributed by atoms with Gasteiger partial charge in [-0.15, -0.1) is 0 Å². The van der Waals surface area contributed by atoms with Crippen molar-refractivity contribution in [3.63, 3.8) is 0 Å². The van der Waals surface area contributed by atoms with Gasteiger partial charge >= 0.3 is 0 Å². The van der Waals surface area contributed by atoms with Crippen LogP contribution in [0.1, 0.15) is 23.6 Å². The molecule has 3 rings (SSSR count). The summed E-state index contributed by atoms with van der Waals surface area (Å²) in [5.41, 5.74) is 9.93. The second kappa shape index (κ2) is 7.88. The summed E-state index contributed by atoms with van der Waals surface area (Å²) in [5.74, 6) is 0. The van der Waals surface area contributed by atoms with Crippen LogP contribution in [0.5, 0.6) is 0 Å². The Labute approximate surface area is 156 Å². The van der Waals surface area contributed by atoms with Crippen LogP contribution >= 0.6 is 0 Å². The van der Waals surface area contributed by atoms with Gasteiger partial charge in [0.05, 0.1) is 0 Å². The van der Waals surface area contributed by atoms with Gasteiger partial charge in [-0.1, -0.05) is 55.1 Å². The van der Waals surface area contributed by atoms with Gasteiger partial charge in [-0.2, -0.15) is 0 Å². The van der Waals surface area contributed by atoms with E-state index in [0.717, 1.165) is 0 Å². The molecule has 0 aliphatic carbocycles. The largest absolute Gasteiger partial charge is 0.367 e. The van der Waals surface area contributed by atoms with E-state index in [1.54, 1.807) is 0 Å². The van der Waals surface area contributed by atoms with Gasteiger partial charge in [-0.05, 0) is 83.5 Å². The number of allylic oxidation sites excluding steroid dienone is 5. The van der Waals surface area contributed by atoms with E-state index >= 15 is 0 Å². The Morgan fingerprint density at radius 1 is 0.923 bits per heavy atom. The third kappa shape index (κ3) is 3.62. The number of benzene rings is 2. The molecule has 0 spiro atoms. The topological polar surface area (TPSA) is 15.8 Å². The van der Waals surface area contributed by atoms with Gasteiger partial charge in [-0.3, -0.25) is 0 Å². The number of hydrogen-bond donors (Lipinski definition) is 1. The first-order chi connectivity index (χ1) is 12.6. The maximum atomic E-state index is 3.85. The lowest BCUT2D eigenvalue weighted by atomic mass is 9.90. The molecule has 0 bridgehead atoms. The molecule has 1 heterocycles. The number of aromatic nitrogens is 1. The Morgan fingerprint density at radius 2 is 1.65 bits per heavy atom. The van der Waals surface area contributed by atoms with Crippen molar-refractivity contribution in [2.45, 2.75) is 20.8 Å². The summed E-state index contributed by atoms with van der Waals surface area (Å²) >= 11 is 0. The quantitative estimate of drug-likeness (QED) is 0.477. The van der Waals surface area contributed by atoms with Gasteiger partial charge in [0.15, 0.2) is 0 Å². The zero-order valence-electron chi connectivity index (χ0n) is 15.7. The minimum atomic E-state index is 1.17. The highest BCUT2D eigenvalue weighted by atomic mass is 14.6. The highest BCUT2D eigenvalue weighted by Crippen LogP contribution is 2.33. The van der Waals surface area contributed by atoms with E-state index in [4.69, 9.17) is 0 Å². The molecule has 3 aromatic rings. The molecule has 1 N–H and O–H groups in total. The Morgan fingerprint density at radius 3 is 2.31 bits per heavy atom. The summed E-state index contributed by atoms with van der Waals surface area (Å²) in [4.78, 5) is 3.14. The van der Waals surface area contributed by atoms with Crippen molar-refractivity contribution in [3.05, 3.63) is 102 Å². The minimum Gasteiger partial charge on any atom is -0.367 e. The van der Waals surface area contributed by atoms with E-state index < -0.39 is 0 Å². The lowest BCUT2D eigenvalue weighted by Crippen LogP contribution is -1.91. The van der Waals surface area contributed by atoms with Gasteiger partial charge in [0.2, 0.25) is 0 Å². The fourth-order valence-electron chi connectivity index (χ4n) is 3.24. The monoisotopic (exact) mass is 339 g/mol. The highest BCUT2D eigenvalue weighted by molar-refractivity contribution is 5.82. The van der Waals surface area contributed by atoms with Crippen LogP contribution in [0.3, 0.4) is 0 Å². The van der Waals surface area contributed by atoms with Gasteiger partial charge in [-0.25, -0.2) is 0 Å². The first kappa shape index (κ1) is 17.8. The molecule has 0 radical (unpaired) electrons. The molecule has 0 unspecified atom stereocenters. The van der Waals surface area contributed by atoms with E-state index in [1.165, 1.54) is 44.5 Å². The summed E-state index contributed by atoms with van der Waals surface area (Å²) in [5, 5.41) is 0. The lowest BCUT2D eigenvalue weighted by Gasteiger charge is -2.14. The molecule has 1 nitrogen and oxygen atoms in total. The van der Waals surface area contributed by atoms with E-state index in [2.05, 4.69) is 86.1 Å². The SMILES string of the molecule is C=C/C=C(\C=C/C)c1ccc(C)c(-c2cc(-c3cc[nH]c3)ccc2C)c1. The van der Waals surface area contributed by atoms with Crippen LogP contribution in [-0.2, 0) is 0 Å². The van der Waals surface area contributed by atoms with Crippen molar-refractivity contribution in [1.82, 2.24) is 4.98 Å². The van der Waals surface area contributed by atoms with Crippen LogP contribution in [-0.4, -0.2) is 4.98 Å². The second-order valence-electron chi connectivity index (χ2n) is 6.52. The predicted molar refractivity (Wildman–Crippen MR) is 114 cm³/mol. The zero-order chi connectivity index (χ0) is 18.5. The predicted octanol–water partition coefficient (Wildman–Crippen LogP) is 7.11. The summed E-state index contributed by atoms with van der Waals surface area (Å²) < 4.78 is 0. The van der Waals surface area contributed by atoms with Crippen molar-refractivity contribution in [2.24, 2.45) is 0 Å². The van der Waals surface area contributed by atoms with E-state index in [1.807, 2.05) is 25.4 Å². The first-order valence-corrected chi connectivity index (χ1v) is 8.94. The molecule has 130 valence electrons. The molecule has 1 aromatic heterocycles. The molecule has 2 aromatic carbocycles. The van der Waals surface area contributed by atoms with Crippen molar-refractivity contribution in [2.75, 3.05) is 0 Å². The van der Waals surface area contributed by atoms with Crippen molar-refractivity contribution in [1.29, 1.82) is 0 Å². The molecule has 26 heavy (non-hydrogen) atoms. The van der Waals surface area contributed by atoms with E-state index in [0.29, 0.717) is 0 Å². The fraction of sp³-hybridized carbons (Fsp3) is 0.120. The number of rotatable bonds is 5. The van der Waals surface area contributed by atoms with Crippen LogP contribution in [0.2, 0.25) is 0 Å². The standard InChI is InChI=1S/C25H25N/c1-5-7-20(8-6-2)21-11-9-18(3)24(15-21)25-16-22(12-10-19(25)4)23-13-14-26-17-23/h5-17,26H,1H2,2-4H3/b8-6-,20-7+. The Hall–Kier alpha value is -3.06. The number of nitrogens with one attached hydrogen (secondary N) is 1. The summed E-state index contributed by atoms with van der Waals surface area (Å²) in [6.07, 6.45) is 12.1. The lowest BCUT2D eigenvalue weighted by molar-refractivity contribution is 1.39. The Kier molecular flexibility index (Phi) is 5.38. The van der Waals surface area contributed by atoms with Gasteiger partial charge in [0.1, 0.15) is 0 Å². The zero-order valence-corrected chi connectivity index (χ0v) is 15.7. The molecule has 1 heteroatoms. The summed E-state index contributed by atoms with van der Waals surface area (Å²) in [7, 11) is 0. The average Bonchev–Trinajstić information content (AvgIpc) is 3.17. The van der Waals surface area contributed by atoms with Gasteiger partial charge < -0.3 is 4.98 Å². The minimum absolute atomic E-state index is 1.17. The molecule has 0 saturated heterocycles. The van der Waals surface area contributed by atoms with Crippen LogP contribution in [0.15, 0.2) is 85.7 Å². The molecule has 0 aliphatic rings. The third-order valence-corrected chi connectivity index (χ3v) is 4.67. The molecular formula is C25H25N. The summed E-state index contributed by atoms with van der Waals surface area (Å²) in [6.45, 7) is 10.2. The van der Waals surface area contributed by atoms with E-state index in [9.17, 15) is 0 Å². The Balaban J connectivity index is 2.15. The van der Waals surface area contributed by atoms with Crippen LogP contribution in [0, 0.1) is 13.8 Å². The third-order valence-electron chi connectivity index (χ3n) is 4.67. The van der Waals surface area contributed by atoms with E-state index in [-0.39, 0.29) is 0 Å². The molecule has 0 saturated carbocycles. The summed E-state index contributed by atoms with van der Waals surface area (Å²) in [6, 6.07) is 15.5. The maximum Gasteiger partial charge on any atom is 0.00841 e. The molecule has 0 aliphatic heterocycles.